The van der Waals surface area contributed by atoms with Gasteiger partial charge < -0.3 is 4.74 Å². The Morgan fingerprint density at radius 2 is 1.90 bits per heavy atom. The molecule has 2 aliphatic rings. The highest BCUT2D eigenvalue weighted by molar-refractivity contribution is 5.93. The van der Waals surface area contributed by atoms with E-state index in [1.54, 1.807) is 6.07 Å². The van der Waals surface area contributed by atoms with Gasteiger partial charge in [-0.05, 0) is 61.4 Å². The standard InChI is InChI=1S/C17H18N2O2/c1-10(20)16-9-17(19-18-16)11-2-4-14(5-3-11)21-15-7-12-6-13(12)8-15/h2-5,9,12-13,15H,6-8H2,1H3,(H,18,19). The van der Waals surface area contributed by atoms with Gasteiger partial charge in [0.15, 0.2) is 5.78 Å². The number of benzene rings is 1. The van der Waals surface area contributed by atoms with Crippen LogP contribution in [0.4, 0.5) is 0 Å². The van der Waals surface area contributed by atoms with Crippen LogP contribution in [-0.2, 0) is 0 Å². The molecule has 2 fully saturated rings. The number of ketones is 1. The Kier molecular flexibility index (Phi) is 2.84. The van der Waals surface area contributed by atoms with E-state index in [2.05, 4.69) is 10.2 Å². The summed E-state index contributed by atoms with van der Waals surface area (Å²) < 4.78 is 6.03. The van der Waals surface area contributed by atoms with Gasteiger partial charge in [-0.15, -0.1) is 0 Å². The van der Waals surface area contributed by atoms with Crippen LogP contribution in [-0.4, -0.2) is 22.1 Å². The van der Waals surface area contributed by atoms with E-state index < -0.39 is 0 Å². The predicted molar refractivity (Wildman–Crippen MR) is 79.3 cm³/mol. The lowest BCUT2D eigenvalue weighted by Gasteiger charge is -2.15. The fraction of sp³-hybridized carbons (Fsp3) is 0.412. The highest BCUT2D eigenvalue weighted by Crippen LogP contribution is 2.52. The van der Waals surface area contributed by atoms with Crippen LogP contribution < -0.4 is 4.74 Å². The van der Waals surface area contributed by atoms with Gasteiger partial charge in [0.05, 0.1) is 11.8 Å². The molecule has 4 rings (SSSR count). The summed E-state index contributed by atoms with van der Waals surface area (Å²) in [5.74, 6) is 2.78. The summed E-state index contributed by atoms with van der Waals surface area (Å²) in [6.45, 7) is 1.53. The molecule has 108 valence electrons. The van der Waals surface area contributed by atoms with Crippen molar-refractivity contribution >= 4 is 5.78 Å². The predicted octanol–water partition coefficient (Wildman–Crippen LogP) is 3.46. The quantitative estimate of drug-likeness (QED) is 0.874. The van der Waals surface area contributed by atoms with Crippen molar-refractivity contribution in [3.05, 3.63) is 36.0 Å². The number of rotatable bonds is 4. The zero-order valence-corrected chi connectivity index (χ0v) is 12.0. The minimum absolute atomic E-state index is 0.00602. The monoisotopic (exact) mass is 282 g/mol. The molecule has 2 unspecified atom stereocenters. The number of nitrogens with zero attached hydrogens (tertiary/aromatic N) is 1. The van der Waals surface area contributed by atoms with Crippen LogP contribution >= 0.6 is 0 Å². The molecule has 2 aromatic rings. The maximum atomic E-state index is 11.3. The Morgan fingerprint density at radius 3 is 2.52 bits per heavy atom. The van der Waals surface area contributed by atoms with Crippen LogP contribution in [0.3, 0.4) is 0 Å². The zero-order valence-electron chi connectivity index (χ0n) is 12.0. The molecule has 1 aromatic heterocycles. The molecule has 4 heteroatoms. The normalized spacial score (nSPS) is 26.4. The SMILES string of the molecule is CC(=O)c1cc(-c2ccc(OC3CC4CC4C3)cc2)n[nH]1. The van der Waals surface area contributed by atoms with Gasteiger partial charge in [-0.3, -0.25) is 9.89 Å². The summed E-state index contributed by atoms with van der Waals surface area (Å²) in [6.07, 6.45) is 4.24. The van der Waals surface area contributed by atoms with Gasteiger partial charge in [-0.2, -0.15) is 5.10 Å². The number of aromatic amines is 1. The third kappa shape index (κ3) is 2.46. The summed E-state index contributed by atoms with van der Waals surface area (Å²) in [4.78, 5) is 11.3. The van der Waals surface area contributed by atoms with Crippen molar-refractivity contribution in [2.45, 2.75) is 32.3 Å². The molecule has 2 aliphatic carbocycles. The Morgan fingerprint density at radius 1 is 1.19 bits per heavy atom. The average Bonchev–Trinajstić information content (AvgIpc) is 2.92. The Bertz CT molecular complexity index is 664. The lowest BCUT2D eigenvalue weighted by atomic mass is 10.1. The number of hydrogen-bond donors (Lipinski definition) is 1. The highest BCUT2D eigenvalue weighted by Gasteiger charge is 2.46. The Balaban J connectivity index is 1.46. The number of carbonyl (C=O) groups excluding carboxylic acids is 1. The van der Waals surface area contributed by atoms with Gasteiger partial charge in [-0.1, -0.05) is 0 Å². The van der Waals surface area contributed by atoms with E-state index in [0.717, 1.165) is 28.8 Å². The summed E-state index contributed by atoms with van der Waals surface area (Å²) >= 11 is 0. The van der Waals surface area contributed by atoms with Crippen molar-refractivity contribution in [1.82, 2.24) is 10.2 Å². The molecular formula is C17H18N2O2. The van der Waals surface area contributed by atoms with E-state index in [1.807, 2.05) is 24.3 Å². The molecule has 1 heterocycles. The first-order chi connectivity index (χ1) is 10.2. The second kappa shape index (κ2) is 4.72. The zero-order chi connectivity index (χ0) is 14.4. The molecule has 1 aromatic carbocycles. The molecule has 0 amide bonds. The smallest absolute Gasteiger partial charge is 0.177 e. The molecule has 2 atom stereocenters. The molecule has 4 nitrogen and oxygen atoms in total. The van der Waals surface area contributed by atoms with Gasteiger partial charge in [0, 0.05) is 12.5 Å². The number of aromatic nitrogens is 2. The average molecular weight is 282 g/mol. The van der Waals surface area contributed by atoms with Crippen LogP contribution in [0.25, 0.3) is 11.3 Å². The second-order valence-corrected chi connectivity index (χ2v) is 6.21. The minimum Gasteiger partial charge on any atom is -0.490 e. The van der Waals surface area contributed by atoms with E-state index in [1.165, 1.54) is 26.2 Å². The van der Waals surface area contributed by atoms with Crippen LogP contribution in [0.15, 0.2) is 30.3 Å². The van der Waals surface area contributed by atoms with Crippen LogP contribution in [0.2, 0.25) is 0 Å². The summed E-state index contributed by atoms with van der Waals surface area (Å²) in [6, 6.07) is 9.74. The molecule has 1 N–H and O–H groups in total. The van der Waals surface area contributed by atoms with Crippen LogP contribution in [0.5, 0.6) is 5.75 Å². The molecule has 0 saturated heterocycles. The number of H-pyrrole nitrogens is 1. The largest absolute Gasteiger partial charge is 0.490 e. The first-order valence-corrected chi connectivity index (χ1v) is 7.52. The number of hydrogen-bond acceptors (Lipinski definition) is 3. The first-order valence-electron chi connectivity index (χ1n) is 7.52. The van der Waals surface area contributed by atoms with Crippen molar-refractivity contribution < 1.29 is 9.53 Å². The van der Waals surface area contributed by atoms with Crippen molar-refractivity contribution in [2.24, 2.45) is 11.8 Å². The lowest BCUT2D eigenvalue weighted by molar-refractivity contribution is 0.101. The second-order valence-electron chi connectivity index (χ2n) is 6.21. The van der Waals surface area contributed by atoms with Gasteiger partial charge in [-0.25, -0.2) is 0 Å². The van der Waals surface area contributed by atoms with Gasteiger partial charge in [0.25, 0.3) is 0 Å². The van der Waals surface area contributed by atoms with Crippen LogP contribution in [0, 0.1) is 11.8 Å². The highest BCUT2D eigenvalue weighted by atomic mass is 16.5. The number of fused-ring (bicyclic) bond motifs is 1. The maximum Gasteiger partial charge on any atom is 0.177 e. The topological polar surface area (TPSA) is 55.0 Å². The van der Waals surface area contributed by atoms with Gasteiger partial charge in [0.1, 0.15) is 11.4 Å². The van der Waals surface area contributed by atoms with E-state index in [0.29, 0.717) is 11.8 Å². The van der Waals surface area contributed by atoms with Crippen molar-refractivity contribution in [3.63, 3.8) is 0 Å². The fourth-order valence-corrected chi connectivity index (χ4v) is 3.30. The molecule has 0 aliphatic heterocycles. The summed E-state index contributed by atoms with van der Waals surface area (Å²) in [5.41, 5.74) is 2.31. The Labute approximate surface area is 123 Å². The van der Waals surface area contributed by atoms with Gasteiger partial charge in [0.2, 0.25) is 0 Å². The number of Topliss-reactive ketones (excluding diaryl/α,β-unsaturated/α-hetero) is 1. The third-order valence-corrected chi connectivity index (χ3v) is 4.61. The fourth-order valence-electron chi connectivity index (χ4n) is 3.30. The lowest BCUT2D eigenvalue weighted by Crippen LogP contribution is -2.13. The first kappa shape index (κ1) is 12.6. The molecule has 21 heavy (non-hydrogen) atoms. The minimum atomic E-state index is -0.00602. The molecule has 0 radical (unpaired) electrons. The number of nitrogens with one attached hydrogen (secondary N) is 1. The van der Waals surface area contributed by atoms with Crippen molar-refractivity contribution in [2.75, 3.05) is 0 Å². The molecular weight excluding hydrogens is 264 g/mol. The van der Waals surface area contributed by atoms with Crippen molar-refractivity contribution in [3.8, 4) is 17.0 Å². The number of carbonyl (C=O) groups is 1. The van der Waals surface area contributed by atoms with Crippen LogP contribution in [0.1, 0.15) is 36.7 Å². The number of ether oxygens (including phenoxy) is 1. The van der Waals surface area contributed by atoms with E-state index in [9.17, 15) is 4.79 Å². The molecule has 0 spiro atoms. The Hall–Kier alpha value is -2.10. The third-order valence-electron chi connectivity index (χ3n) is 4.61. The van der Waals surface area contributed by atoms with E-state index in [4.69, 9.17) is 4.74 Å². The summed E-state index contributed by atoms with van der Waals surface area (Å²) in [7, 11) is 0. The molecule has 0 bridgehead atoms. The van der Waals surface area contributed by atoms with E-state index in [-0.39, 0.29) is 5.78 Å². The van der Waals surface area contributed by atoms with E-state index >= 15 is 0 Å². The van der Waals surface area contributed by atoms with Gasteiger partial charge >= 0.3 is 0 Å². The van der Waals surface area contributed by atoms with Crippen molar-refractivity contribution in [1.29, 1.82) is 0 Å². The molecule has 2 saturated carbocycles. The summed E-state index contributed by atoms with van der Waals surface area (Å²) in [5, 5.41) is 6.93. The maximum absolute atomic E-state index is 11.3.